The molecule has 0 bridgehead atoms. The Hall–Kier alpha value is -2.20. The molecule has 0 radical (unpaired) electrons. The minimum absolute atomic E-state index is 0.0702. The molecule has 1 amide bonds. The molecule has 1 aromatic carbocycles. The van der Waals surface area contributed by atoms with Gasteiger partial charge in [0, 0.05) is 31.0 Å². The highest BCUT2D eigenvalue weighted by molar-refractivity contribution is 5.94. The molecular formula is C15H17N3O. The van der Waals surface area contributed by atoms with E-state index in [1.807, 2.05) is 30.3 Å². The fourth-order valence-corrected chi connectivity index (χ4v) is 1.81. The van der Waals surface area contributed by atoms with Gasteiger partial charge < -0.3 is 11.1 Å². The highest BCUT2D eigenvalue weighted by Crippen LogP contribution is 2.04. The molecule has 3 N–H and O–H groups in total. The van der Waals surface area contributed by atoms with Crippen molar-refractivity contribution in [3.8, 4) is 0 Å². The lowest BCUT2D eigenvalue weighted by molar-refractivity contribution is 0.0954. The number of carbonyl (C=O) groups excluding carboxylic acids is 1. The summed E-state index contributed by atoms with van der Waals surface area (Å²) >= 11 is 0. The van der Waals surface area contributed by atoms with E-state index in [2.05, 4.69) is 10.3 Å². The molecular weight excluding hydrogens is 238 g/mol. The van der Waals surface area contributed by atoms with Crippen molar-refractivity contribution in [2.45, 2.75) is 13.0 Å². The van der Waals surface area contributed by atoms with Gasteiger partial charge in [0.05, 0.1) is 0 Å². The van der Waals surface area contributed by atoms with E-state index in [1.165, 1.54) is 0 Å². The van der Waals surface area contributed by atoms with E-state index in [0.717, 1.165) is 17.5 Å². The van der Waals surface area contributed by atoms with Crippen LogP contribution in [-0.4, -0.2) is 17.4 Å². The monoisotopic (exact) mass is 255 g/mol. The van der Waals surface area contributed by atoms with Gasteiger partial charge in [0.15, 0.2) is 0 Å². The van der Waals surface area contributed by atoms with Gasteiger partial charge in [0.2, 0.25) is 0 Å². The zero-order valence-corrected chi connectivity index (χ0v) is 10.7. The van der Waals surface area contributed by atoms with Gasteiger partial charge in [-0.25, -0.2) is 0 Å². The fraction of sp³-hybridized carbons (Fsp3) is 0.200. The Morgan fingerprint density at radius 3 is 2.79 bits per heavy atom. The molecule has 0 atom stereocenters. The summed E-state index contributed by atoms with van der Waals surface area (Å²) in [6.07, 6.45) is 4.32. The Morgan fingerprint density at radius 2 is 2.05 bits per heavy atom. The van der Waals surface area contributed by atoms with Crippen molar-refractivity contribution in [3.05, 3.63) is 65.5 Å². The molecule has 0 fully saturated rings. The minimum atomic E-state index is -0.0702. The molecule has 19 heavy (non-hydrogen) atoms. The average Bonchev–Trinajstić information content (AvgIpc) is 2.48. The molecule has 1 heterocycles. The summed E-state index contributed by atoms with van der Waals surface area (Å²) in [5.41, 5.74) is 8.27. The lowest BCUT2D eigenvalue weighted by atomic mass is 10.1. The average molecular weight is 255 g/mol. The Balaban J connectivity index is 1.87. The fourth-order valence-electron chi connectivity index (χ4n) is 1.81. The number of hydrogen-bond donors (Lipinski definition) is 2. The normalized spacial score (nSPS) is 10.2. The Morgan fingerprint density at radius 1 is 1.21 bits per heavy atom. The van der Waals surface area contributed by atoms with Crippen molar-refractivity contribution in [2.75, 3.05) is 6.54 Å². The van der Waals surface area contributed by atoms with Gasteiger partial charge in [-0.05, 0) is 35.7 Å². The summed E-state index contributed by atoms with van der Waals surface area (Å²) < 4.78 is 0. The van der Waals surface area contributed by atoms with E-state index >= 15 is 0 Å². The Kier molecular flexibility index (Phi) is 4.64. The van der Waals surface area contributed by atoms with Gasteiger partial charge in [-0.2, -0.15) is 0 Å². The SMILES string of the molecule is NCc1cccc(C(=O)NCCc2cccnc2)c1. The molecule has 0 saturated carbocycles. The number of amides is 1. The van der Waals surface area contributed by atoms with Crippen molar-refractivity contribution in [3.63, 3.8) is 0 Å². The molecule has 0 spiro atoms. The largest absolute Gasteiger partial charge is 0.352 e. The molecule has 98 valence electrons. The van der Waals surface area contributed by atoms with E-state index < -0.39 is 0 Å². The van der Waals surface area contributed by atoms with Crippen LogP contribution in [0, 0.1) is 0 Å². The number of benzene rings is 1. The number of nitrogens with two attached hydrogens (primary N) is 1. The molecule has 1 aromatic heterocycles. The number of rotatable bonds is 5. The van der Waals surface area contributed by atoms with Crippen LogP contribution in [0.4, 0.5) is 0 Å². The zero-order chi connectivity index (χ0) is 13.5. The number of aromatic nitrogens is 1. The summed E-state index contributed by atoms with van der Waals surface area (Å²) in [4.78, 5) is 16.0. The van der Waals surface area contributed by atoms with Crippen molar-refractivity contribution in [2.24, 2.45) is 5.73 Å². The summed E-state index contributed by atoms with van der Waals surface area (Å²) in [5, 5.41) is 2.89. The number of pyridine rings is 1. The van der Waals surface area contributed by atoms with Crippen LogP contribution < -0.4 is 11.1 Å². The van der Waals surface area contributed by atoms with Crippen molar-refractivity contribution in [1.82, 2.24) is 10.3 Å². The molecule has 0 saturated heterocycles. The van der Waals surface area contributed by atoms with E-state index in [9.17, 15) is 4.79 Å². The second-order valence-corrected chi connectivity index (χ2v) is 4.27. The van der Waals surface area contributed by atoms with Crippen LogP contribution in [0.1, 0.15) is 21.5 Å². The van der Waals surface area contributed by atoms with E-state index in [-0.39, 0.29) is 5.91 Å². The third-order valence-corrected chi connectivity index (χ3v) is 2.85. The van der Waals surface area contributed by atoms with Gasteiger partial charge in [0.25, 0.3) is 5.91 Å². The maximum atomic E-state index is 11.9. The molecule has 0 unspecified atom stereocenters. The van der Waals surface area contributed by atoms with Crippen molar-refractivity contribution in [1.29, 1.82) is 0 Å². The smallest absolute Gasteiger partial charge is 0.251 e. The third kappa shape index (κ3) is 3.89. The van der Waals surface area contributed by atoms with Crippen molar-refractivity contribution < 1.29 is 4.79 Å². The zero-order valence-electron chi connectivity index (χ0n) is 10.7. The van der Waals surface area contributed by atoms with E-state index in [1.54, 1.807) is 18.5 Å². The van der Waals surface area contributed by atoms with Crippen LogP contribution in [0.3, 0.4) is 0 Å². The molecule has 2 rings (SSSR count). The second-order valence-electron chi connectivity index (χ2n) is 4.27. The predicted molar refractivity (Wildman–Crippen MR) is 74.6 cm³/mol. The molecule has 0 aliphatic heterocycles. The van der Waals surface area contributed by atoms with Crippen molar-refractivity contribution >= 4 is 5.91 Å². The maximum absolute atomic E-state index is 11.9. The molecule has 2 aromatic rings. The van der Waals surface area contributed by atoms with E-state index in [0.29, 0.717) is 18.7 Å². The quantitative estimate of drug-likeness (QED) is 0.851. The lowest BCUT2D eigenvalue weighted by Crippen LogP contribution is -2.25. The Labute approximate surface area is 112 Å². The van der Waals surface area contributed by atoms with Gasteiger partial charge in [-0.15, -0.1) is 0 Å². The minimum Gasteiger partial charge on any atom is -0.352 e. The third-order valence-electron chi connectivity index (χ3n) is 2.85. The summed E-state index contributed by atoms with van der Waals surface area (Å²) in [5.74, 6) is -0.0702. The first-order chi connectivity index (χ1) is 9.29. The first kappa shape index (κ1) is 13.2. The van der Waals surface area contributed by atoms with E-state index in [4.69, 9.17) is 5.73 Å². The first-order valence-electron chi connectivity index (χ1n) is 6.25. The number of carbonyl (C=O) groups is 1. The number of nitrogens with one attached hydrogen (secondary N) is 1. The standard InChI is InChI=1S/C15H17N3O/c16-10-13-3-1-5-14(9-13)15(19)18-8-6-12-4-2-7-17-11-12/h1-5,7,9,11H,6,8,10,16H2,(H,18,19). The van der Waals surface area contributed by atoms with Gasteiger partial charge >= 0.3 is 0 Å². The molecule has 0 aliphatic carbocycles. The highest BCUT2D eigenvalue weighted by Gasteiger charge is 2.05. The van der Waals surface area contributed by atoms with Crippen LogP contribution in [0.5, 0.6) is 0 Å². The van der Waals surface area contributed by atoms with Gasteiger partial charge in [-0.3, -0.25) is 9.78 Å². The van der Waals surface area contributed by atoms with Gasteiger partial charge in [-0.1, -0.05) is 18.2 Å². The highest BCUT2D eigenvalue weighted by atomic mass is 16.1. The van der Waals surface area contributed by atoms with Crippen LogP contribution >= 0.6 is 0 Å². The molecule has 0 aliphatic rings. The predicted octanol–water partition coefficient (Wildman–Crippen LogP) is 1.51. The lowest BCUT2D eigenvalue weighted by Gasteiger charge is -2.06. The summed E-state index contributed by atoms with van der Waals surface area (Å²) in [7, 11) is 0. The first-order valence-corrected chi connectivity index (χ1v) is 6.25. The van der Waals surface area contributed by atoms with Crippen LogP contribution in [-0.2, 0) is 13.0 Å². The summed E-state index contributed by atoms with van der Waals surface area (Å²) in [6.45, 7) is 1.04. The summed E-state index contributed by atoms with van der Waals surface area (Å²) in [6, 6.07) is 11.2. The Bertz CT molecular complexity index is 540. The number of nitrogens with zero attached hydrogens (tertiary/aromatic N) is 1. The second kappa shape index (κ2) is 6.66. The van der Waals surface area contributed by atoms with Crippen LogP contribution in [0.2, 0.25) is 0 Å². The molecule has 4 nitrogen and oxygen atoms in total. The number of hydrogen-bond acceptors (Lipinski definition) is 3. The molecule has 4 heteroatoms. The maximum Gasteiger partial charge on any atom is 0.251 e. The van der Waals surface area contributed by atoms with Crippen LogP contribution in [0.25, 0.3) is 0 Å². The van der Waals surface area contributed by atoms with Gasteiger partial charge in [0.1, 0.15) is 0 Å². The van der Waals surface area contributed by atoms with Crippen LogP contribution in [0.15, 0.2) is 48.8 Å². The topological polar surface area (TPSA) is 68.0 Å².